The van der Waals surface area contributed by atoms with Crippen molar-refractivity contribution in [1.82, 2.24) is 5.32 Å². The van der Waals surface area contributed by atoms with Crippen molar-refractivity contribution in [2.24, 2.45) is 17.6 Å². The first-order valence-corrected chi connectivity index (χ1v) is 7.79. The molecule has 0 aliphatic heterocycles. The van der Waals surface area contributed by atoms with E-state index < -0.39 is 5.60 Å². The lowest BCUT2D eigenvalue weighted by Crippen LogP contribution is -2.50. The van der Waals surface area contributed by atoms with Gasteiger partial charge in [-0.25, -0.2) is 0 Å². The van der Waals surface area contributed by atoms with Crippen LogP contribution in [0.5, 0.6) is 0 Å². The van der Waals surface area contributed by atoms with Gasteiger partial charge >= 0.3 is 0 Å². The molecule has 2 aliphatic rings. The van der Waals surface area contributed by atoms with Crippen LogP contribution in [0.2, 0.25) is 0 Å². The third kappa shape index (κ3) is 3.69. The lowest BCUT2D eigenvalue weighted by atomic mass is 9.78. The van der Waals surface area contributed by atoms with Gasteiger partial charge in [-0.2, -0.15) is 0 Å². The molecule has 0 amide bonds. The van der Waals surface area contributed by atoms with E-state index in [4.69, 9.17) is 5.73 Å². The standard InChI is InChI=1S/C15H30N2O/c1-12-5-4-8-15(18,9-12)11-17-14-7-3-2-6-13(14)10-16/h12-14,17-18H,2-11,16H2,1H3. The zero-order chi connectivity index (χ0) is 13.0. The molecule has 2 aliphatic carbocycles. The molecule has 0 spiro atoms. The van der Waals surface area contributed by atoms with Gasteiger partial charge in [-0.05, 0) is 44.1 Å². The van der Waals surface area contributed by atoms with Crippen LogP contribution < -0.4 is 11.1 Å². The van der Waals surface area contributed by atoms with Crippen molar-refractivity contribution in [3.63, 3.8) is 0 Å². The third-order valence-corrected chi connectivity index (χ3v) is 4.97. The summed E-state index contributed by atoms with van der Waals surface area (Å²) >= 11 is 0. The van der Waals surface area contributed by atoms with Crippen molar-refractivity contribution in [2.75, 3.05) is 13.1 Å². The van der Waals surface area contributed by atoms with E-state index >= 15 is 0 Å². The summed E-state index contributed by atoms with van der Waals surface area (Å²) in [5.41, 5.74) is 5.39. The maximum absolute atomic E-state index is 10.6. The molecule has 2 fully saturated rings. The molecular formula is C15H30N2O. The molecule has 4 unspecified atom stereocenters. The number of hydrogen-bond donors (Lipinski definition) is 3. The Morgan fingerprint density at radius 2 is 2.00 bits per heavy atom. The fraction of sp³-hybridized carbons (Fsp3) is 1.00. The van der Waals surface area contributed by atoms with Gasteiger partial charge in [-0.1, -0.05) is 32.6 Å². The summed E-state index contributed by atoms with van der Waals surface area (Å²) in [5.74, 6) is 1.28. The van der Waals surface area contributed by atoms with E-state index in [1.54, 1.807) is 0 Å². The van der Waals surface area contributed by atoms with Gasteiger partial charge in [0.05, 0.1) is 5.60 Å². The Bertz CT molecular complexity index is 259. The highest BCUT2D eigenvalue weighted by atomic mass is 16.3. The summed E-state index contributed by atoms with van der Waals surface area (Å²) in [7, 11) is 0. The smallest absolute Gasteiger partial charge is 0.0774 e. The summed E-state index contributed by atoms with van der Waals surface area (Å²) in [6.45, 7) is 3.80. The number of rotatable bonds is 4. The minimum absolute atomic E-state index is 0.464. The molecule has 0 saturated heterocycles. The predicted octanol–water partition coefficient (Wildman–Crippen LogP) is 2.03. The molecule has 2 saturated carbocycles. The van der Waals surface area contributed by atoms with E-state index in [1.807, 2.05) is 0 Å². The zero-order valence-corrected chi connectivity index (χ0v) is 11.8. The molecule has 0 aromatic heterocycles. The van der Waals surface area contributed by atoms with Crippen molar-refractivity contribution in [3.8, 4) is 0 Å². The molecule has 3 heteroatoms. The van der Waals surface area contributed by atoms with Gasteiger partial charge in [-0.15, -0.1) is 0 Å². The Kier molecular flexibility index (Phi) is 5.05. The highest BCUT2D eigenvalue weighted by Gasteiger charge is 2.34. The Balaban J connectivity index is 1.82. The van der Waals surface area contributed by atoms with Crippen LogP contribution in [0.25, 0.3) is 0 Å². The van der Waals surface area contributed by atoms with Crippen LogP contribution in [0, 0.1) is 11.8 Å². The van der Waals surface area contributed by atoms with Crippen LogP contribution in [0.1, 0.15) is 58.3 Å². The van der Waals surface area contributed by atoms with Crippen LogP contribution in [0.15, 0.2) is 0 Å². The molecule has 4 atom stereocenters. The molecule has 0 radical (unpaired) electrons. The lowest BCUT2D eigenvalue weighted by molar-refractivity contribution is -0.0160. The third-order valence-electron chi connectivity index (χ3n) is 4.97. The number of nitrogens with one attached hydrogen (secondary N) is 1. The lowest BCUT2D eigenvalue weighted by Gasteiger charge is -2.39. The van der Waals surface area contributed by atoms with Crippen molar-refractivity contribution in [3.05, 3.63) is 0 Å². The van der Waals surface area contributed by atoms with Crippen LogP contribution in [0.4, 0.5) is 0 Å². The summed E-state index contributed by atoms with van der Waals surface area (Å²) < 4.78 is 0. The van der Waals surface area contributed by atoms with Crippen LogP contribution in [-0.4, -0.2) is 29.8 Å². The highest BCUT2D eigenvalue weighted by Crippen LogP contribution is 2.32. The first-order valence-electron chi connectivity index (χ1n) is 7.79. The molecule has 3 nitrogen and oxygen atoms in total. The number of aliphatic hydroxyl groups is 1. The maximum atomic E-state index is 10.6. The minimum Gasteiger partial charge on any atom is -0.389 e. The summed E-state index contributed by atoms with van der Waals surface area (Å²) in [4.78, 5) is 0. The Hall–Kier alpha value is -0.120. The van der Waals surface area contributed by atoms with Gasteiger partial charge in [0.1, 0.15) is 0 Å². The Morgan fingerprint density at radius 1 is 1.22 bits per heavy atom. The zero-order valence-electron chi connectivity index (χ0n) is 11.8. The van der Waals surface area contributed by atoms with Crippen molar-refractivity contribution >= 4 is 0 Å². The summed E-state index contributed by atoms with van der Waals surface area (Å²) in [6.07, 6.45) is 9.48. The van der Waals surface area contributed by atoms with E-state index in [9.17, 15) is 5.11 Å². The van der Waals surface area contributed by atoms with Crippen LogP contribution in [0.3, 0.4) is 0 Å². The van der Waals surface area contributed by atoms with E-state index in [-0.39, 0.29) is 0 Å². The largest absolute Gasteiger partial charge is 0.389 e. The second-order valence-corrected chi connectivity index (χ2v) is 6.69. The van der Waals surface area contributed by atoms with E-state index in [0.717, 1.165) is 25.9 Å². The summed E-state index contributed by atoms with van der Waals surface area (Å²) in [5, 5.41) is 14.3. The van der Waals surface area contributed by atoms with E-state index in [1.165, 1.54) is 38.5 Å². The van der Waals surface area contributed by atoms with Crippen molar-refractivity contribution in [1.29, 1.82) is 0 Å². The second-order valence-electron chi connectivity index (χ2n) is 6.69. The van der Waals surface area contributed by atoms with E-state index in [0.29, 0.717) is 17.9 Å². The number of hydrogen-bond acceptors (Lipinski definition) is 3. The molecule has 2 rings (SSSR count). The molecule has 0 bridgehead atoms. The molecule has 0 aromatic rings. The highest BCUT2D eigenvalue weighted by molar-refractivity contribution is 4.90. The predicted molar refractivity (Wildman–Crippen MR) is 75.4 cm³/mol. The van der Waals surface area contributed by atoms with Crippen LogP contribution in [-0.2, 0) is 0 Å². The average molecular weight is 254 g/mol. The fourth-order valence-electron chi connectivity index (χ4n) is 3.87. The molecule has 0 heterocycles. The molecule has 0 aromatic carbocycles. The van der Waals surface area contributed by atoms with Crippen molar-refractivity contribution < 1.29 is 5.11 Å². The molecule has 4 N–H and O–H groups in total. The fourth-order valence-corrected chi connectivity index (χ4v) is 3.87. The van der Waals surface area contributed by atoms with E-state index in [2.05, 4.69) is 12.2 Å². The van der Waals surface area contributed by atoms with Gasteiger partial charge < -0.3 is 16.2 Å². The Morgan fingerprint density at radius 3 is 2.72 bits per heavy atom. The topological polar surface area (TPSA) is 58.3 Å². The number of nitrogens with two attached hydrogens (primary N) is 1. The maximum Gasteiger partial charge on any atom is 0.0774 e. The SMILES string of the molecule is CC1CCCC(O)(CNC2CCCCC2CN)C1. The molecular weight excluding hydrogens is 224 g/mol. The molecule has 18 heavy (non-hydrogen) atoms. The molecule has 106 valence electrons. The first-order chi connectivity index (χ1) is 8.63. The average Bonchev–Trinajstić information content (AvgIpc) is 2.36. The Labute approximate surface area is 112 Å². The normalized spacial score (nSPS) is 41.8. The van der Waals surface area contributed by atoms with Gasteiger partial charge in [-0.3, -0.25) is 0 Å². The second kappa shape index (κ2) is 6.36. The first kappa shape index (κ1) is 14.3. The quantitative estimate of drug-likeness (QED) is 0.719. The van der Waals surface area contributed by atoms with Gasteiger partial charge in [0.15, 0.2) is 0 Å². The van der Waals surface area contributed by atoms with Gasteiger partial charge in [0.2, 0.25) is 0 Å². The monoisotopic (exact) mass is 254 g/mol. The van der Waals surface area contributed by atoms with Crippen molar-refractivity contribution in [2.45, 2.75) is 69.9 Å². The van der Waals surface area contributed by atoms with Gasteiger partial charge in [0.25, 0.3) is 0 Å². The summed E-state index contributed by atoms with van der Waals surface area (Å²) in [6, 6.07) is 0.532. The minimum atomic E-state index is -0.464. The van der Waals surface area contributed by atoms with Crippen LogP contribution >= 0.6 is 0 Å². The van der Waals surface area contributed by atoms with Gasteiger partial charge in [0, 0.05) is 12.6 Å².